The largest absolute Gasteiger partial charge is 0.381 e. The lowest BCUT2D eigenvalue weighted by Gasteiger charge is -2.45. The Morgan fingerprint density at radius 3 is 2.36 bits per heavy atom. The molecule has 0 spiro atoms. The molecule has 2 aromatic carbocycles. The maximum atomic E-state index is 14.8. The highest BCUT2D eigenvalue weighted by Crippen LogP contribution is 2.34. The van der Waals surface area contributed by atoms with Gasteiger partial charge in [0.25, 0.3) is 0 Å². The Hall–Kier alpha value is -2.91. The summed E-state index contributed by atoms with van der Waals surface area (Å²) in [4.78, 5) is 8.18. The van der Waals surface area contributed by atoms with E-state index in [1.165, 1.54) is 35.5 Å². The van der Waals surface area contributed by atoms with Crippen molar-refractivity contribution < 1.29 is 18.3 Å². The second kappa shape index (κ2) is 9.52. The van der Waals surface area contributed by atoms with Crippen molar-refractivity contribution in [3.05, 3.63) is 78.1 Å². The second-order valence-corrected chi connectivity index (χ2v) is 8.67. The molecule has 4 rings (SSSR count). The third-order valence-electron chi connectivity index (χ3n) is 6.79. The molecule has 3 aromatic rings. The molecule has 176 valence electrons. The van der Waals surface area contributed by atoms with Crippen LogP contribution in [0, 0.1) is 17.5 Å². The van der Waals surface area contributed by atoms with Gasteiger partial charge in [0.1, 0.15) is 35.7 Å². The summed E-state index contributed by atoms with van der Waals surface area (Å²) in [6, 6.07) is 9.45. The van der Waals surface area contributed by atoms with Crippen molar-refractivity contribution in [2.24, 2.45) is 0 Å². The van der Waals surface area contributed by atoms with Crippen LogP contribution in [-0.2, 0) is 12.1 Å². The first-order valence-electron chi connectivity index (χ1n) is 11.0. The minimum Gasteiger partial charge on any atom is -0.381 e. The van der Waals surface area contributed by atoms with Crippen LogP contribution in [0.2, 0.25) is 0 Å². The molecule has 0 bridgehead atoms. The van der Waals surface area contributed by atoms with Gasteiger partial charge in [0.2, 0.25) is 0 Å². The van der Waals surface area contributed by atoms with Gasteiger partial charge in [-0.05, 0) is 50.1 Å². The molecule has 33 heavy (non-hydrogen) atoms. The molecule has 1 N–H and O–H groups in total. The van der Waals surface area contributed by atoms with Gasteiger partial charge in [0, 0.05) is 49.5 Å². The zero-order chi connectivity index (χ0) is 23.6. The molecule has 1 saturated heterocycles. The molecule has 1 fully saturated rings. The maximum Gasteiger partial charge on any atom is 0.137 e. The molecule has 9 heteroatoms. The number of benzene rings is 2. The number of likely N-dealkylation sites (tertiary alicyclic amines) is 1. The van der Waals surface area contributed by atoms with Crippen molar-refractivity contribution in [3.8, 4) is 0 Å². The standard InChI is InChI=1S/C24H28F3N5O/c1-17(31-11-9-21(10-12-31)30(2)20-6-3-18(25)4-7-20)24(33,14-32-16-28-15-29-32)22-8-5-19(26)13-23(22)27/h3-8,13,15-17,21,33H,9-12,14H2,1-2H3/t17-,24-/m1/s1. The summed E-state index contributed by atoms with van der Waals surface area (Å²) in [6.45, 7) is 3.19. The number of halogens is 3. The van der Waals surface area contributed by atoms with Crippen LogP contribution in [0.15, 0.2) is 55.1 Å². The van der Waals surface area contributed by atoms with Crippen LogP contribution in [-0.4, -0.2) is 57.0 Å². The number of nitrogens with zero attached hydrogens (tertiary/aromatic N) is 5. The van der Waals surface area contributed by atoms with Crippen molar-refractivity contribution in [2.45, 2.75) is 44.0 Å². The third kappa shape index (κ3) is 4.89. The lowest BCUT2D eigenvalue weighted by molar-refractivity contribution is -0.0690. The van der Waals surface area contributed by atoms with Crippen molar-refractivity contribution in [1.82, 2.24) is 19.7 Å². The Bertz CT molecular complexity index is 1050. The van der Waals surface area contributed by atoms with Crippen molar-refractivity contribution in [3.63, 3.8) is 0 Å². The van der Waals surface area contributed by atoms with E-state index in [4.69, 9.17) is 0 Å². The summed E-state index contributed by atoms with van der Waals surface area (Å²) in [5.41, 5.74) is -0.683. The van der Waals surface area contributed by atoms with Crippen LogP contribution >= 0.6 is 0 Å². The molecule has 0 saturated carbocycles. The van der Waals surface area contributed by atoms with Gasteiger partial charge < -0.3 is 10.0 Å². The van der Waals surface area contributed by atoms with Crippen molar-refractivity contribution in [1.29, 1.82) is 0 Å². The second-order valence-electron chi connectivity index (χ2n) is 8.67. The molecule has 2 atom stereocenters. The van der Waals surface area contributed by atoms with E-state index in [2.05, 4.69) is 19.9 Å². The number of rotatable bonds is 7. The van der Waals surface area contributed by atoms with Crippen molar-refractivity contribution in [2.75, 3.05) is 25.0 Å². The molecular weight excluding hydrogens is 431 g/mol. The lowest BCUT2D eigenvalue weighted by atomic mass is 9.84. The minimum atomic E-state index is -1.65. The number of aliphatic hydroxyl groups is 1. The number of hydrogen-bond acceptors (Lipinski definition) is 5. The minimum absolute atomic E-state index is 0.0217. The van der Waals surface area contributed by atoms with E-state index >= 15 is 0 Å². The summed E-state index contributed by atoms with van der Waals surface area (Å²) < 4.78 is 43.1. The first-order chi connectivity index (χ1) is 15.8. The molecule has 0 aliphatic carbocycles. The SMILES string of the molecule is C[C@@H](N1CCC(N(C)c2ccc(F)cc2)CC1)[C@](O)(Cn1cncn1)c1ccc(F)cc1F. The van der Waals surface area contributed by atoms with Gasteiger partial charge in [-0.2, -0.15) is 5.10 Å². The van der Waals surface area contributed by atoms with E-state index in [0.717, 1.165) is 30.7 Å². The molecule has 0 amide bonds. The Balaban J connectivity index is 1.52. The van der Waals surface area contributed by atoms with Gasteiger partial charge >= 0.3 is 0 Å². The van der Waals surface area contributed by atoms with Crippen LogP contribution in [0.25, 0.3) is 0 Å². The number of aromatic nitrogens is 3. The van der Waals surface area contributed by atoms with E-state index in [0.29, 0.717) is 13.1 Å². The summed E-state index contributed by atoms with van der Waals surface area (Å²) in [5.74, 6) is -1.76. The van der Waals surface area contributed by atoms with Gasteiger partial charge in [0.15, 0.2) is 0 Å². The van der Waals surface area contributed by atoms with E-state index in [-0.39, 0.29) is 24.0 Å². The maximum absolute atomic E-state index is 14.8. The summed E-state index contributed by atoms with van der Waals surface area (Å²) in [5, 5.41) is 15.9. The van der Waals surface area contributed by atoms with Gasteiger partial charge in [-0.25, -0.2) is 22.8 Å². The highest BCUT2D eigenvalue weighted by Gasteiger charge is 2.43. The summed E-state index contributed by atoms with van der Waals surface area (Å²) in [6.07, 6.45) is 4.46. The Kier molecular flexibility index (Phi) is 6.71. The normalized spacial score (nSPS) is 18.1. The van der Waals surface area contributed by atoms with Gasteiger partial charge in [-0.15, -0.1) is 0 Å². The first-order valence-corrected chi connectivity index (χ1v) is 11.0. The zero-order valence-electron chi connectivity index (χ0n) is 18.7. The lowest BCUT2D eigenvalue weighted by Crippen LogP contribution is -2.55. The Morgan fingerprint density at radius 2 is 1.76 bits per heavy atom. The predicted molar refractivity (Wildman–Crippen MR) is 119 cm³/mol. The Morgan fingerprint density at radius 1 is 1.09 bits per heavy atom. The number of piperidine rings is 1. The molecule has 1 aliphatic rings. The average Bonchev–Trinajstić information content (AvgIpc) is 3.31. The summed E-state index contributed by atoms with van der Waals surface area (Å²) in [7, 11) is 1.99. The Labute approximate surface area is 191 Å². The molecule has 2 heterocycles. The molecule has 1 aliphatic heterocycles. The van der Waals surface area contributed by atoms with Crippen LogP contribution in [0.3, 0.4) is 0 Å². The number of anilines is 1. The molecule has 1 aromatic heterocycles. The van der Waals surface area contributed by atoms with E-state index in [1.54, 1.807) is 12.1 Å². The molecule has 0 radical (unpaired) electrons. The molecule has 0 unspecified atom stereocenters. The zero-order valence-corrected chi connectivity index (χ0v) is 18.7. The quantitative estimate of drug-likeness (QED) is 0.586. The predicted octanol–water partition coefficient (Wildman–Crippen LogP) is 3.57. The van der Waals surface area contributed by atoms with E-state index in [9.17, 15) is 18.3 Å². The van der Waals surface area contributed by atoms with Crippen LogP contribution < -0.4 is 4.90 Å². The highest BCUT2D eigenvalue weighted by molar-refractivity contribution is 5.46. The smallest absolute Gasteiger partial charge is 0.137 e. The van der Waals surface area contributed by atoms with E-state index in [1.807, 2.05) is 14.0 Å². The van der Waals surface area contributed by atoms with E-state index < -0.39 is 23.3 Å². The monoisotopic (exact) mass is 459 g/mol. The molecular formula is C24H28F3N5O. The molecule has 6 nitrogen and oxygen atoms in total. The fourth-order valence-corrected chi connectivity index (χ4v) is 4.69. The van der Waals surface area contributed by atoms with Gasteiger partial charge in [0.05, 0.1) is 6.54 Å². The topological polar surface area (TPSA) is 57.4 Å². The first kappa shape index (κ1) is 23.3. The van der Waals surface area contributed by atoms with Gasteiger partial charge in [-0.3, -0.25) is 4.90 Å². The highest BCUT2D eigenvalue weighted by atomic mass is 19.1. The van der Waals surface area contributed by atoms with Gasteiger partial charge in [-0.1, -0.05) is 6.07 Å². The summed E-state index contributed by atoms with van der Waals surface area (Å²) >= 11 is 0. The number of hydrogen-bond donors (Lipinski definition) is 1. The van der Waals surface area contributed by atoms with Crippen molar-refractivity contribution >= 4 is 5.69 Å². The average molecular weight is 460 g/mol. The fraction of sp³-hybridized carbons (Fsp3) is 0.417. The fourth-order valence-electron chi connectivity index (χ4n) is 4.69. The van der Waals surface area contributed by atoms with Crippen LogP contribution in [0.4, 0.5) is 18.9 Å². The van der Waals surface area contributed by atoms with Crippen LogP contribution in [0.1, 0.15) is 25.3 Å². The van der Waals surface area contributed by atoms with Crippen LogP contribution in [0.5, 0.6) is 0 Å². The third-order valence-corrected chi connectivity index (χ3v) is 6.79.